The van der Waals surface area contributed by atoms with Crippen molar-refractivity contribution < 1.29 is 23.7 Å². The van der Waals surface area contributed by atoms with Crippen LogP contribution in [0.4, 0.5) is 0 Å². The molecule has 0 fully saturated rings. The fourth-order valence-electron chi connectivity index (χ4n) is 4.64. The highest BCUT2D eigenvalue weighted by Crippen LogP contribution is 2.42. The van der Waals surface area contributed by atoms with Crippen LogP contribution in [0.3, 0.4) is 0 Å². The zero-order valence-electron chi connectivity index (χ0n) is 22.1. The van der Waals surface area contributed by atoms with Gasteiger partial charge in [0.25, 0.3) is 0 Å². The number of para-hydroxylation sites is 2. The molecular weight excluding hydrogens is 488 g/mol. The third-order valence-electron chi connectivity index (χ3n) is 6.40. The van der Waals surface area contributed by atoms with E-state index in [1.54, 1.807) is 0 Å². The maximum absolute atomic E-state index is 6.33. The first-order chi connectivity index (χ1) is 19.4. The normalized spacial score (nSPS) is 17.7. The van der Waals surface area contributed by atoms with Crippen molar-refractivity contribution in [1.82, 2.24) is 0 Å². The van der Waals surface area contributed by atoms with Crippen LogP contribution in [0.5, 0.6) is 11.5 Å². The zero-order valence-corrected chi connectivity index (χ0v) is 22.1. The van der Waals surface area contributed by atoms with Crippen LogP contribution in [-0.4, -0.2) is 52.9 Å². The lowest BCUT2D eigenvalue weighted by Gasteiger charge is -2.22. The summed E-state index contributed by atoms with van der Waals surface area (Å²) in [5.74, 6) is 1.60. The quantitative estimate of drug-likeness (QED) is 0.300. The Morgan fingerprint density at radius 3 is 1.08 bits per heavy atom. The summed E-state index contributed by atoms with van der Waals surface area (Å²) in [6, 6.07) is 37.3. The van der Waals surface area contributed by atoms with Crippen LogP contribution in [0.15, 0.2) is 109 Å². The SMILES string of the molecule is c1ccc(/C2=C(/c3ccccc3)c3ccccc3OCCOCCOCCOCCOc3ccccc32)cc1. The predicted molar refractivity (Wildman–Crippen MR) is 154 cm³/mol. The molecule has 0 spiro atoms. The summed E-state index contributed by atoms with van der Waals surface area (Å²) in [4.78, 5) is 0. The van der Waals surface area contributed by atoms with Crippen LogP contribution in [0.25, 0.3) is 11.1 Å². The molecule has 0 saturated heterocycles. The lowest BCUT2D eigenvalue weighted by atomic mass is 9.85. The fraction of sp³-hybridized carbons (Fsp3) is 0.235. The molecule has 0 bridgehead atoms. The summed E-state index contributed by atoms with van der Waals surface area (Å²) >= 11 is 0. The van der Waals surface area contributed by atoms with Crippen molar-refractivity contribution in [3.8, 4) is 11.5 Å². The minimum atomic E-state index is 0.433. The van der Waals surface area contributed by atoms with E-state index in [9.17, 15) is 0 Å². The Bertz CT molecular complexity index is 1230. The maximum atomic E-state index is 6.33. The van der Waals surface area contributed by atoms with Gasteiger partial charge in [0.15, 0.2) is 0 Å². The van der Waals surface area contributed by atoms with Crippen molar-refractivity contribution in [3.63, 3.8) is 0 Å². The minimum Gasteiger partial charge on any atom is -0.491 e. The van der Waals surface area contributed by atoms with Gasteiger partial charge in [0.1, 0.15) is 24.7 Å². The number of fused-ring (bicyclic) bond motifs is 2. The van der Waals surface area contributed by atoms with E-state index in [4.69, 9.17) is 23.7 Å². The molecule has 0 saturated carbocycles. The number of hydrogen-bond acceptors (Lipinski definition) is 5. The second-order valence-electron chi connectivity index (χ2n) is 9.01. The molecule has 5 rings (SSSR count). The van der Waals surface area contributed by atoms with Crippen LogP contribution in [0.1, 0.15) is 22.3 Å². The Morgan fingerprint density at radius 2 is 0.667 bits per heavy atom. The maximum Gasteiger partial charge on any atom is 0.127 e. The van der Waals surface area contributed by atoms with Gasteiger partial charge >= 0.3 is 0 Å². The van der Waals surface area contributed by atoms with Gasteiger partial charge in [0.2, 0.25) is 0 Å². The van der Waals surface area contributed by atoms with Crippen LogP contribution < -0.4 is 9.47 Å². The van der Waals surface area contributed by atoms with Crippen molar-refractivity contribution in [2.24, 2.45) is 0 Å². The van der Waals surface area contributed by atoms with Crippen molar-refractivity contribution >= 4 is 11.1 Å². The van der Waals surface area contributed by atoms with Gasteiger partial charge in [-0.25, -0.2) is 0 Å². The Hall–Kier alpha value is -3.90. The minimum absolute atomic E-state index is 0.433. The van der Waals surface area contributed by atoms with E-state index in [1.807, 2.05) is 36.4 Å². The van der Waals surface area contributed by atoms with Gasteiger partial charge in [-0.15, -0.1) is 0 Å². The molecule has 0 amide bonds. The molecule has 1 aliphatic rings. The van der Waals surface area contributed by atoms with Crippen molar-refractivity contribution in [2.45, 2.75) is 0 Å². The van der Waals surface area contributed by atoms with Gasteiger partial charge in [0, 0.05) is 22.3 Å². The van der Waals surface area contributed by atoms with Gasteiger partial charge in [-0.1, -0.05) is 97.1 Å². The van der Waals surface area contributed by atoms with E-state index in [1.165, 1.54) is 0 Å². The van der Waals surface area contributed by atoms with E-state index in [-0.39, 0.29) is 0 Å². The van der Waals surface area contributed by atoms with E-state index in [0.717, 1.165) is 44.9 Å². The van der Waals surface area contributed by atoms with Crippen molar-refractivity contribution in [3.05, 3.63) is 131 Å². The molecule has 200 valence electrons. The Kier molecular flexibility index (Phi) is 9.79. The molecule has 1 aliphatic heterocycles. The Morgan fingerprint density at radius 1 is 0.333 bits per heavy atom. The van der Waals surface area contributed by atoms with Gasteiger partial charge < -0.3 is 23.7 Å². The number of rotatable bonds is 2. The number of benzene rings is 4. The number of ether oxygens (including phenoxy) is 5. The van der Waals surface area contributed by atoms with Crippen molar-refractivity contribution in [1.29, 1.82) is 0 Å². The lowest BCUT2D eigenvalue weighted by Crippen LogP contribution is -2.14. The van der Waals surface area contributed by atoms with Crippen molar-refractivity contribution in [2.75, 3.05) is 52.9 Å². The Labute approximate surface area is 230 Å². The highest BCUT2D eigenvalue weighted by molar-refractivity contribution is 6.06. The molecule has 0 atom stereocenters. The molecular formula is C34H34O5. The Balaban J connectivity index is 1.71. The molecule has 39 heavy (non-hydrogen) atoms. The van der Waals surface area contributed by atoms with E-state index in [0.29, 0.717) is 52.9 Å². The molecule has 0 aliphatic carbocycles. The van der Waals surface area contributed by atoms with Crippen LogP contribution in [0.2, 0.25) is 0 Å². The molecule has 1 heterocycles. The standard InChI is InChI=1S/C34H34O5/c1-3-11-27(12-4-1)33-29-15-7-9-17-31(29)38-25-23-36-21-19-35-20-22-37-24-26-39-32-18-10-8-16-30(32)34(33)28-13-5-2-6-14-28/h1-18H,19-26H2/b34-33+. The first kappa shape index (κ1) is 26.7. The molecule has 4 aromatic rings. The highest BCUT2D eigenvalue weighted by atomic mass is 16.6. The monoisotopic (exact) mass is 522 g/mol. The topological polar surface area (TPSA) is 46.2 Å². The third-order valence-corrected chi connectivity index (χ3v) is 6.40. The summed E-state index contributed by atoms with van der Waals surface area (Å²) in [5, 5.41) is 0. The van der Waals surface area contributed by atoms with E-state index >= 15 is 0 Å². The lowest BCUT2D eigenvalue weighted by molar-refractivity contribution is 0.00498. The summed E-state index contributed by atoms with van der Waals surface area (Å²) in [6.07, 6.45) is 0. The first-order valence-corrected chi connectivity index (χ1v) is 13.4. The average molecular weight is 523 g/mol. The third kappa shape index (κ3) is 7.15. The molecule has 5 heteroatoms. The number of hydrogen-bond donors (Lipinski definition) is 0. The predicted octanol–water partition coefficient (Wildman–Crippen LogP) is 6.52. The van der Waals surface area contributed by atoms with Gasteiger partial charge in [-0.2, -0.15) is 0 Å². The summed E-state index contributed by atoms with van der Waals surface area (Å²) in [5.41, 5.74) is 6.31. The summed E-state index contributed by atoms with van der Waals surface area (Å²) < 4.78 is 29.7. The summed E-state index contributed by atoms with van der Waals surface area (Å²) in [6.45, 7) is 3.87. The second kappa shape index (κ2) is 14.3. The van der Waals surface area contributed by atoms with Gasteiger partial charge in [-0.05, 0) is 23.3 Å². The first-order valence-electron chi connectivity index (χ1n) is 13.4. The van der Waals surface area contributed by atoms with Crippen LogP contribution >= 0.6 is 0 Å². The van der Waals surface area contributed by atoms with E-state index in [2.05, 4.69) is 72.8 Å². The van der Waals surface area contributed by atoms with Crippen LogP contribution in [0, 0.1) is 0 Å². The highest BCUT2D eigenvalue weighted by Gasteiger charge is 2.21. The van der Waals surface area contributed by atoms with Crippen LogP contribution in [-0.2, 0) is 14.2 Å². The molecule has 5 nitrogen and oxygen atoms in total. The van der Waals surface area contributed by atoms with E-state index < -0.39 is 0 Å². The second-order valence-corrected chi connectivity index (χ2v) is 9.01. The molecule has 0 aromatic heterocycles. The largest absolute Gasteiger partial charge is 0.491 e. The average Bonchev–Trinajstić information content (AvgIpc) is 2.99. The molecule has 4 aromatic carbocycles. The summed E-state index contributed by atoms with van der Waals surface area (Å²) in [7, 11) is 0. The fourth-order valence-corrected chi connectivity index (χ4v) is 4.64. The smallest absolute Gasteiger partial charge is 0.127 e. The molecule has 0 unspecified atom stereocenters. The van der Waals surface area contributed by atoms with Gasteiger partial charge in [0.05, 0.1) is 39.6 Å². The molecule has 0 N–H and O–H groups in total. The zero-order chi connectivity index (χ0) is 26.5. The van der Waals surface area contributed by atoms with Gasteiger partial charge in [-0.3, -0.25) is 0 Å². The molecule has 0 radical (unpaired) electrons.